The van der Waals surface area contributed by atoms with Gasteiger partial charge in [-0.1, -0.05) is 97.1 Å². The van der Waals surface area contributed by atoms with Crippen LogP contribution >= 0.6 is 0 Å². The summed E-state index contributed by atoms with van der Waals surface area (Å²) in [7, 11) is -4.67. The topological polar surface area (TPSA) is 197 Å². The first kappa shape index (κ1) is 30.2. The first-order chi connectivity index (χ1) is 22.8. The van der Waals surface area contributed by atoms with Gasteiger partial charge in [0.2, 0.25) is 0 Å². The van der Waals surface area contributed by atoms with Crippen molar-refractivity contribution in [2.75, 3.05) is 0 Å². The molecule has 2 aliphatic rings. The van der Waals surface area contributed by atoms with E-state index in [2.05, 4.69) is 0 Å². The van der Waals surface area contributed by atoms with Gasteiger partial charge >= 0.3 is 31.4 Å². The van der Waals surface area contributed by atoms with Gasteiger partial charge in [0.15, 0.2) is 0 Å². The molecule has 2 N–H and O–H groups in total. The Labute approximate surface area is 274 Å². The van der Waals surface area contributed by atoms with E-state index in [0.717, 1.165) is 61.2 Å². The predicted octanol–water partition coefficient (Wildman–Crippen LogP) is 5.35. The Morgan fingerprint density at radius 2 is 0.638 bits per heavy atom. The number of rotatable bonds is 0. The fourth-order valence-electron chi connectivity index (χ4n) is 5.46. The predicted molar refractivity (Wildman–Crippen MR) is 169 cm³/mol. The Balaban J connectivity index is 0.000000462. The minimum atomic E-state index is -4.67. The molecule has 47 heavy (non-hydrogen) atoms. The van der Waals surface area contributed by atoms with Gasteiger partial charge in [0, 0.05) is 44.8 Å². The van der Waals surface area contributed by atoms with Gasteiger partial charge in [-0.25, -0.2) is 9.97 Å². The van der Waals surface area contributed by atoms with Crippen molar-refractivity contribution >= 4 is 54.5 Å². The second-order valence-electron chi connectivity index (χ2n) is 10.1. The van der Waals surface area contributed by atoms with E-state index < -0.39 is 10.4 Å². The molecule has 0 fully saturated rings. The number of aromatic nitrogens is 8. The van der Waals surface area contributed by atoms with Crippen molar-refractivity contribution in [1.29, 1.82) is 0 Å². The third-order valence-electron chi connectivity index (χ3n) is 7.33. The monoisotopic (exact) mass is 677 g/mol. The maximum absolute atomic E-state index is 8.74. The molecule has 4 aromatic carbocycles. The molecule has 3 aromatic heterocycles. The molecule has 227 valence electrons. The van der Waals surface area contributed by atoms with Gasteiger partial charge in [-0.05, 0) is 21.5 Å². The van der Waals surface area contributed by atoms with Crippen LogP contribution in [-0.2, 0) is 31.4 Å². The Kier molecular flexibility index (Phi) is 7.71. The first-order valence-electron chi connectivity index (χ1n) is 13.8. The molecule has 0 atom stereocenters. The Hall–Kier alpha value is -5.51. The van der Waals surface area contributed by atoms with Gasteiger partial charge < -0.3 is 29.9 Å². The van der Waals surface area contributed by atoms with Crippen LogP contribution in [0.25, 0.3) is 89.7 Å². The fourth-order valence-corrected chi connectivity index (χ4v) is 5.46. The summed E-state index contributed by atoms with van der Waals surface area (Å²) in [6, 6.07) is 31.8. The van der Waals surface area contributed by atoms with E-state index in [1.165, 1.54) is 0 Å². The molecule has 7 aromatic rings. The maximum atomic E-state index is 8.74. The molecule has 0 spiro atoms. The van der Waals surface area contributed by atoms with Gasteiger partial charge in [0.25, 0.3) is 0 Å². The van der Waals surface area contributed by atoms with E-state index in [4.69, 9.17) is 61.1 Å². The van der Waals surface area contributed by atoms with Crippen molar-refractivity contribution in [2.24, 2.45) is 0 Å². The van der Waals surface area contributed by atoms with Gasteiger partial charge in [-0.2, -0.15) is 8.42 Å². The van der Waals surface area contributed by atoms with Crippen molar-refractivity contribution in [3.05, 3.63) is 97.1 Å². The van der Waals surface area contributed by atoms with Crippen LogP contribution in [0.3, 0.4) is 0 Å². The van der Waals surface area contributed by atoms with Gasteiger partial charge in [0.1, 0.15) is 0 Å². The van der Waals surface area contributed by atoms with E-state index in [-0.39, 0.29) is 0 Å². The molecular formula is C32H18N8O5SV. The fraction of sp³-hybridized carbons (Fsp3) is 0. The van der Waals surface area contributed by atoms with Gasteiger partial charge in [-0.3, -0.25) is 9.11 Å². The molecule has 2 aliphatic heterocycles. The van der Waals surface area contributed by atoms with E-state index in [9.17, 15) is 0 Å². The summed E-state index contributed by atoms with van der Waals surface area (Å²) in [6.07, 6.45) is 0. The van der Waals surface area contributed by atoms with Crippen LogP contribution in [0.1, 0.15) is 0 Å². The van der Waals surface area contributed by atoms with E-state index >= 15 is 0 Å². The second kappa shape index (κ2) is 12.0. The quantitative estimate of drug-likeness (QED) is 0.195. The molecule has 0 radical (unpaired) electrons. The molecule has 0 aliphatic carbocycles. The average Bonchev–Trinajstić information content (AvgIpc) is 3.81. The van der Waals surface area contributed by atoms with E-state index in [1.807, 2.05) is 97.1 Å². The number of fused-ring (bicyclic) bond motifs is 20. The van der Waals surface area contributed by atoms with Crippen molar-refractivity contribution in [3.63, 3.8) is 0 Å². The third-order valence-corrected chi connectivity index (χ3v) is 7.33. The summed E-state index contributed by atoms with van der Waals surface area (Å²) in [6.45, 7) is 0. The summed E-state index contributed by atoms with van der Waals surface area (Å²) in [4.78, 5) is 39.3. The van der Waals surface area contributed by atoms with Crippen molar-refractivity contribution in [2.45, 2.75) is 0 Å². The SMILES string of the molecule is O=S(=O)(O)O.[O]=[V+2].c1ccc2c(c1)-c1nc-2nc2[n-]c(nc3nc(nc4[n-]c(n1)c1ccccc41)-c1ccccc1-3)c1ccccc21. The normalized spacial score (nSPS) is 11.6. The zero-order valence-electron chi connectivity index (χ0n) is 23.8. The van der Waals surface area contributed by atoms with Gasteiger partial charge in [-0.15, -0.1) is 0 Å². The van der Waals surface area contributed by atoms with Crippen LogP contribution in [0.5, 0.6) is 0 Å². The number of hydrogen-bond acceptors (Lipinski definition) is 9. The minimum absolute atomic E-state index is 0.552. The van der Waals surface area contributed by atoms with E-state index in [1.54, 1.807) is 0 Å². The molecule has 0 unspecified atom stereocenters. The minimum Gasteiger partial charge on any atom is -0.357 e. The van der Waals surface area contributed by atoms with Crippen LogP contribution in [0.15, 0.2) is 97.1 Å². The van der Waals surface area contributed by atoms with Crippen molar-refractivity contribution in [3.8, 4) is 45.6 Å². The molecule has 8 bridgehead atoms. The van der Waals surface area contributed by atoms with Crippen LogP contribution in [0, 0.1) is 0 Å². The van der Waals surface area contributed by atoms with Crippen molar-refractivity contribution < 1.29 is 38.6 Å². The molecule has 9 rings (SSSR count). The Morgan fingerprint density at radius 3 is 0.872 bits per heavy atom. The van der Waals surface area contributed by atoms with Crippen molar-refractivity contribution in [1.82, 2.24) is 39.9 Å². The van der Waals surface area contributed by atoms with Crippen LogP contribution in [0.2, 0.25) is 0 Å². The van der Waals surface area contributed by atoms with Gasteiger partial charge in [0.05, 0.1) is 23.3 Å². The molecular weight excluding hydrogens is 659 g/mol. The summed E-state index contributed by atoms with van der Waals surface area (Å²) in [5, 5.41) is 3.57. The number of benzene rings is 4. The number of nitrogens with zero attached hydrogens (tertiary/aromatic N) is 8. The van der Waals surface area contributed by atoms with Crippen LogP contribution in [0.4, 0.5) is 0 Å². The smallest absolute Gasteiger partial charge is 0.0927 e. The first-order valence-corrected chi connectivity index (χ1v) is 15.7. The van der Waals surface area contributed by atoms with Crippen LogP contribution < -0.4 is 9.97 Å². The Morgan fingerprint density at radius 1 is 0.426 bits per heavy atom. The maximum Gasteiger partial charge on any atom is 0.0927 e. The summed E-state index contributed by atoms with van der Waals surface area (Å²) in [5.41, 5.74) is 5.78. The molecule has 15 heteroatoms. The zero-order valence-corrected chi connectivity index (χ0v) is 26.0. The molecule has 13 nitrogen and oxygen atoms in total. The summed E-state index contributed by atoms with van der Waals surface area (Å²) in [5.74, 6) is 2.21. The molecule has 5 heterocycles. The zero-order chi connectivity index (χ0) is 32.7. The molecule has 0 amide bonds. The summed E-state index contributed by atoms with van der Waals surface area (Å²) < 4.78 is 39.8. The third kappa shape index (κ3) is 5.71. The number of hydrogen-bond donors (Lipinski definition) is 2. The second-order valence-corrected chi connectivity index (χ2v) is 11.0. The summed E-state index contributed by atoms with van der Waals surface area (Å²) >= 11 is 1.06. The Bertz CT molecular complexity index is 2310. The van der Waals surface area contributed by atoms with E-state index in [0.29, 0.717) is 45.9 Å². The largest absolute Gasteiger partial charge is 0.357 e. The molecule has 0 saturated heterocycles. The average molecular weight is 678 g/mol. The standard InChI is InChI=1S/C32H16N8.H2O4S.O.V/c1-2-10-18-17(9-1)25-33-26(18)38-28-21-13-5-6-14-22(21)30(35-28)40-32-24-16-8-7-15-23(24)31(36-32)39-29-20-12-4-3-11-19(20)27(34-29)37-25;1-5(2,3)4;;/h1-16H;(H2,1,2,3,4);;/q-2;;;+2. The molecule has 0 saturated carbocycles. The van der Waals surface area contributed by atoms with Crippen LogP contribution in [-0.4, -0.2) is 47.4 Å².